The number of amides is 1. The van der Waals surface area contributed by atoms with Gasteiger partial charge in [-0.25, -0.2) is 9.07 Å². The van der Waals surface area contributed by atoms with Gasteiger partial charge in [-0.2, -0.15) is 10.4 Å². The summed E-state index contributed by atoms with van der Waals surface area (Å²) >= 11 is 0. The summed E-state index contributed by atoms with van der Waals surface area (Å²) in [7, 11) is 0. The Hall–Kier alpha value is -2.68. The molecule has 0 unspecified atom stereocenters. The predicted molar refractivity (Wildman–Crippen MR) is 75.4 cm³/mol. The van der Waals surface area contributed by atoms with Crippen molar-refractivity contribution in [3.05, 3.63) is 47.5 Å². The van der Waals surface area contributed by atoms with Gasteiger partial charge in [0.2, 0.25) is 0 Å². The number of aromatic nitrogens is 2. The number of carbonyl (C=O) groups is 1. The summed E-state index contributed by atoms with van der Waals surface area (Å²) < 4.78 is 15.2. The number of nitrogens with zero attached hydrogens (tertiary/aromatic N) is 3. The zero-order valence-corrected chi connectivity index (χ0v) is 12.0. The molecule has 1 aromatic heterocycles. The first-order valence-electron chi connectivity index (χ1n) is 6.39. The lowest BCUT2D eigenvalue weighted by atomic mass is 10.1. The molecular formula is C15H15FN4O. The van der Waals surface area contributed by atoms with Crippen LogP contribution in [0.4, 0.5) is 4.39 Å². The number of rotatable bonds is 3. The van der Waals surface area contributed by atoms with E-state index in [1.165, 1.54) is 10.7 Å². The molecule has 0 saturated heterocycles. The largest absolute Gasteiger partial charge is 0.333 e. The number of carbonyl (C=O) groups excluding carboxylic acids is 1. The van der Waals surface area contributed by atoms with E-state index >= 15 is 0 Å². The van der Waals surface area contributed by atoms with Crippen LogP contribution < -0.4 is 5.32 Å². The number of hydrogen-bond acceptors (Lipinski definition) is 3. The number of halogens is 1. The molecule has 0 radical (unpaired) electrons. The highest BCUT2D eigenvalue weighted by molar-refractivity contribution is 5.93. The molecule has 1 aromatic carbocycles. The van der Waals surface area contributed by atoms with Crippen molar-refractivity contribution in [2.24, 2.45) is 0 Å². The molecule has 0 saturated carbocycles. The van der Waals surface area contributed by atoms with Gasteiger partial charge in [-0.15, -0.1) is 0 Å². The van der Waals surface area contributed by atoms with Crippen molar-refractivity contribution in [3.8, 4) is 11.8 Å². The maximum atomic E-state index is 13.8. The Balaban J connectivity index is 2.35. The Morgan fingerprint density at radius 3 is 2.71 bits per heavy atom. The van der Waals surface area contributed by atoms with Crippen LogP contribution in [0.1, 0.15) is 30.0 Å². The standard InChI is InChI=1S/C15H15FN4O/c1-10-8-12(14(21)18-15(2,3)9-17)19-20(10)13-7-5-4-6-11(13)16/h4-8H,1-3H3,(H,18,21). The molecule has 2 aromatic rings. The fourth-order valence-electron chi connectivity index (χ4n) is 1.83. The van der Waals surface area contributed by atoms with Crippen LogP contribution in [0.25, 0.3) is 5.69 Å². The maximum absolute atomic E-state index is 13.8. The van der Waals surface area contributed by atoms with Gasteiger partial charge in [0, 0.05) is 5.69 Å². The van der Waals surface area contributed by atoms with Gasteiger partial charge in [-0.1, -0.05) is 12.1 Å². The van der Waals surface area contributed by atoms with Crippen molar-refractivity contribution in [3.63, 3.8) is 0 Å². The zero-order valence-electron chi connectivity index (χ0n) is 12.0. The van der Waals surface area contributed by atoms with Gasteiger partial charge in [-0.05, 0) is 39.0 Å². The molecule has 0 bridgehead atoms. The van der Waals surface area contributed by atoms with Crippen LogP contribution in [-0.4, -0.2) is 21.2 Å². The van der Waals surface area contributed by atoms with Crippen LogP contribution in [0.5, 0.6) is 0 Å². The highest BCUT2D eigenvalue weighted by Gasteiger charge is 2.22. The zero-order chi connectivity index (χ0) is 15.6. The van der Waals surface area contributed by atoms with Crippen molar-refractivity contribution in [1.82, 2.24) is 15.1 Å². The van der Waals surface area contributed by atoms with Crippen LogP contribution in [0.3, 0.4) is 0 Å². The minimum absolute atomic E-state index is 0.138. The van der Waals surface area contributed by atoms with Crippen LogP contribution in [0.2, 0.25) is 0 Å². The average Bonchev–Trinajstić information content (AvgIpc) is 2.81. The number of nitrogens with one attached hydrogen (secondary N) is 1. The smallest absolute Gasteiger partial charge is 0.273 e. The Kier molecular flexibility index (Phi) is 3.76. The summed E-state index contributed by atoms with van der Waals surface area (Å²) in [6.07, 6.45) is 0. The monoisotopic (exact) mass is 286 g/mol. The molecule has 0 atom stereocenters. The van der Waals surface area contributed by atoms with Gasteiger partial charge in [0.1, 0.15) is 17.0 Å². The van der Waals surface area contributed by atoms with Crippen LogP contribution in [0, 0.1) is 24.1 Å². The molecule has 0 aliphatic heterocycles. The van der Waals surface area contributed by atoms with Gasteiger partial charge in [-0.3, -0.25) is 4.79 Å². The second-order valence-corrected chi connectivity index (χ2v) is 5.23. The van der Waals surface area contributed by atoms with Crippen molar-refractivity contribution in [2.75, 3.05) is 0 Å². The number of benzene rings is 1. The average molecular weight is 286 g/mol. The molecule has 2 rings (SSSR count). The fourth-order valence-corrected chi connectivity index (χ4v) is 1.83. The molecule has 21 heavy (non-hydrogen) atoms. The van der Waals surface area contributed by atoms with Gasteiger partial charge in [0.15, 0.2) is 5.69 Å². The molecule has 0 aliphatic rings. The number of hydrogen-bond donors (Lipinski definition) is 1. The summed E-state index contributed by atoms with van der Waals surface area (Å²) in [4.78, 5) is 12.1. The quantitative estimate of drug-likeness (QED) is 0.941. The molecule has 6 heteroatoms. The highest BCUT2D eigenvalue weighted by atomic mass is 19.1. The molecule has 1 amide bonds. The molecule has 0 aliphatic carbocycles. The molecule has 0 spiro atoms. The lowest BCUT2D eigenvalue weighted by molar-refractivity contribution is 0.0923. The van der Waals surface area contributed by atoms with E-state index in [1.54, 1.807) is 45.0 Å². The predicted octanol–water partition coefficient (Wildman–Crippen LogP) is 2.35. The van der Waals surface area contributed by atoms with Gasteiger partial charge < -0.3 is 5.32 Å². The second kappa shape index (κ2) is 5.37. The molecule has 5 nitrogen and oxygen atoms in total. The van der Waals surface area contributed by atoms with Gasteiger partial charge >= 0.3 is 0 Å². The number of para-hydroxylation sites is 1. The normalized spacial score (nSPS) is 11.0. The highest BCUT2D eigenvalue weighted by Crippen LogP contribution is 2.16. The van der Waals surface area contributed by atoms with E-state index < -0.39 is 17.3 Å². The first kappa shape index (κ1) is 14.7. The van der Waals surface area contributed by atoms with Crippen LogP contribution >= 0.6 is 0 Å². The fraction of sp³-hybridized carbons (Fsp3) is 0.267. The minimum Gasteiger partial charge on any atom is -0.333 e. The lowest BCUT2D eigenvalue weighted by Crippen LogP contribution is -2.42. The molecular weight excluding hydrogens is 271 g/mol. The summed E-state index contributed by atoms with van der Waals surface area (Å²) in [5, 5.41) is 15.6. The second-order valence-electron chi connectivity index (χ2n) is 5.23. The van der Waals surface area contributed by atoms with Crippen LogP contribution in [-0.2, 0) is 0 Å². The minimum atomic E-state index is -0.993. The topological polar surface area (TPSA) is 70.7 Å². The van der Waals surface area contributed by atoms with Gasteiger partial charge in [0.05, 0.1) is 6.07 Å². The summed E-state index contributed by atoms with van der Waals surface area (Å²) in [5.74, 6) is -0.896. The Labute approximate surface area is 122 Å². The first-order chi connectivity index (χ1) is 9.84. The van der Waals surface area contributed by atoms with E-state index in [4.69, 9.17) is 5.26 Å². The van der Waals surface area contributed by atoms with E-state index in [9.17, 15) is 9.18 Å². The number of nitriles is 1. The van der Waals surface area contributed by atoms with Crippen molar-refractivity contribution < 1.29 is 9.18 Å². The van der Waals surface area contributed by atoms with Crippen molar-refractivity contribution in [1.29, 1.82) is 5.26 Å². The van der Waals surface area contributed by atoms with E-state index in [0.29, 0.717) is 5.69 Å². The van der Waals surface area contributed by atoms with Crippen LogP contribution in [0.15, 0.2) is 30.3 Å². The Morgan fingerprint density at radius 2 is 2.10 bits per heavy atom. The third-order valence-electron chi connectivity index (χ3n) is 2.91. The SMILES string of the molecule is Cc1cc(C(=O)NC(C)(C)C#N)nn1-c1ccccc1F. The van der Waals surface area contributed by atoms with Crippen molar-refractivity contribution in [2.45, 2.75) is 26.3 Å². The maximum Gasteiger partial charge on any atom is 0.273 e. The summed E-state index contributed by atoms with van der Waals surface area (Å²) in [6.45, 7) is 4.91. The molecule has 0 fully saturated rings. The van der Waals surface area contributed by atoms with E-state index in [-0.39, 0.29) is 11.4 Å². The Morgan fingerprint density at radius 1 is 1.43 bits per heavy atom. The molecule has 1 N–H and O–H groups in total. The summed E-state index contributed by atoms with van der Waals surface area (Å²) in [6, 6.07) is 9.71. The summed E-state index contributed by atoms with van der Waals surface area (Å²) in [5.41, 5.74) is 0.0416. The third-order valence-corrected chi connectivity index (χ3v) is 2.91. The third kappa shape index (κ3) is 3.08. The lowest BCUT2D eigenvalue weighted by Gasteiger charge is -2.16. The number of aryl methyl sites for hydroxylation is 1. The molecule has 1 heterocycles. The first-order valence-corrected chi connectivity index (χ1v) is 6.39. The van der Waals surface area contributed by atoms with E-state index in [0.717, 1.165) is 0 Å². The van der Waals surface area contributed by atoms with Gasteiger partial charge in [0.25, 0.3) is 5.91 Å². The Bertz CT molecular complexity index is 728. The molecule has 108 valence electrons. The van der Waals surface area contributed by atoms with E-state index in [2.05, 4.69) is 10.4 Å². The van der Waals surface area contributed by atoms with Crippen molar-refractivity contribution >= 4 is 5.91 Å². The van der Waals surface area contributed by atoms with E-state index in [1.807, 2.05) is 6.07 Å².